The second-order valence-corrected chi connectivity index (χ2v) is 6.18. The molecule has 0 unspecified atom stereocenters. The van der Waals surface area contributed by atoms with Gasteiger partial charge in [-0.2, -0.15) is 0 Å². The molecule has 0 aromatic heterocycles. The van der Waals surface area contributed by atoms with Crippen LogP contribution in [0.2, 0.25) is 10.0 Å². The summed E-state index contributed by atoms with van der Waals surface area (Å²) >= 11 is 12.1. The van der Waals surface area contributed by atoms with Crippen LogP contribution in [0.4, 0.5) is 0 Å². The van der Waals surface area contributed by atoms with Crippen LogP contribution >= 0.6 is 23.2 Å². The molecular weight excluding hydrogens is 349 g/mol. The average molecular weight is 368 g/mol. The van der Waals surface area contributed by atoms with Crippen molar-refractivity contribution in [3.8, 4) is 11.5 Å². The molecule has 0 aliphatic carbocycles. The molecule has 0 aliphatic heterocycles. The van der Waals surface area contributed by atoms with Gasteiger partial charge in [-0.25, -0.2) is 0 Å². The molecule has 4 nitrogen and oxygen atoms in total. The second-order valence-electron chi connectivity index (χ2n) is 5.33. The Kier molecular flexibility index (Phi) is 6.35. The lowest BCUT2D eigenvalue weighted by atomic mass is 10.1. The summed E-state index contributed by atoms with van der Waals surface area (Å²) in [6.07, 6.45) is -0.646. The normalized spacial score (nSPS) is 13.0. The van der Waals surface area contributed by atoms with Gasteiger partial charge < -0.3 is 14.8 Å². The summed E-state index contributed by atoms with van der Waals surface area (Å²) in [5, 5.41) is 3.95. The number of rotatable bonds is 6. The van der Waals surface area contributed by atoms with Crippen molar-refractivity contribution >= 4 is 29.1 Å². The lowest BCUT2D eigenvalue weighted by Gasteiger charge is -2.20. The fourth-order valence-corrected chi connectivity index (χ4v) is 2.75. The maximum absolute atomic E-state index is 12.3. The van der Waals surface area contributed by atoms with E-state index in [0.29, 0.717) is 15.8 Å². The van der Waals surface area contributed by atoms with Crippen molar-refractivity contribution in [2.24, 2.45) is 0 Å². The molecule has 6 heteroatoms. The number of hydrogen-bond donors (Lipinski definition) is 1. The number of nitrogens with one attached hydrogen (secondary N) is 1. The van der Waals surface area contributed by atoms with E-state index in [9.17, 15) is 4.79 Å². The predicted molar refractivity (Wildman–Crippen MR) is 96.1 cm³/mol. The van der Waals surface area contributed by atoms with Crippen molar-refractivity contribution in [1.82, 2.24) is 5.32 Å². The zero-order valence-corrected chi connectivity index (χ0v) is 15.2. The smallest absolute Gasteiger partial charge is 0.261 e. The van der Waals surface area contributed by atoms with Gasteiger partial charge in [0.2, 0.25) is 0 Å². The van der Waals surface area contributed by atoms with Crippen molar-refractivity contribution < 1.29 is 14.3 Å². The first-order valence-electron chi connectivity index (χ1n) is 7.46. The van der Waals surface area contributed by atoms with Gasteiger partial charge in [-0.3, -0.25) is 4.79 Å². The summed E-state index contributed by atoms with van der Waals surface area (Å²) in [6.45, 7) is 3.54. The summed E-state index contributed by atoms with van der Waals surface area (Å²) in [6, 6.07) is 12.0. The van der Waals surface area contributed by atoms with Crippen LogP contribution in [0.5, 0.6) is 11.5 Å². The van der Waals surface area contributed by atoms with Gasteiger partial charge in [-0.15, -0.1) is 0 Å². The Labute approximate surface area is 151 Å². The highest BCUT2D eigenvalue weighted by atomic mass is 35.5. The molecule has 0 aliphatic rings. The standard InChI is InChI=1S/C18H19Cl2NO3/c1-11(16-9-4-13(19)10-17(16)20)21-18(22)12(2)24-15-7-5-14(23-3)6-8-15/h4-12H,1-3H3,(H,21,22)/t11-,12-/m0/s1. The molecule has 128 valence electrons. The fourth-order valence-electron chi connectivity index (χ4n) is 2.17. The van der Waals surface area contributed by atoms with Crippen LogP contribution in [0.15, 0.2) is 42.5 Å². The highest BCUT2D eigenvalue weighted by molar-refractivity contribution is 6.35. The third-order valence-electron chi connectivity index (χ3n) is 3.53. The number of ether oxygens (including phenoxy) is 2. The van der Waals surface area contributed by atoms with Gasteiger partial charge in [0.05, 0.1) is 13.2 Å². The zero-order valence-electron chi connectivity index (χ0n) is 13.7. The second kappa shape index (κ2) is 8.27. The summed E-state index contributed by atoms with van der Waals surface area (Å²) in [7, 11) is 1.59. The maximum Gasteiger partial charge on any atom is 0.261 e. The lowest BCUT2D eigenvalue weighted by molar-refractivity contribution is -0.127. The molecule has 0 fully saturated rings. The summed E-state index contributed by atoms with van der Waals surface area (Å²) < 4.78 is 10.7. The SMILES string of the molecule is COc1ccc(O[C@@H](C)C(=O)N[C@@H](C)c2ccc(Cl)cc2Cl)cc1. The van der Waals surface area contributed by atoms with Crippen molar-refractivity contribution in [2.75, 3.05) is 7.11 Å². The number of halogens is 2. The Balaban J connectivity index is 1.97. The first kappa shape index (κ1) is 18.4. The molecule has 0 bridgehead atoms. The predicted octanol–water partition coefficient (Wildman–Crippen LogP) is 4.65. The molecule has 2 rings (SSSR count). The molecule has 0 saturated carbocycles. The van der Waals surface area contributed by atoms with Gasteiger partial charge in [-0.1, -0.05) is 29.3 Å². The van der Waals surface area contributed by atoms with E-state index in [1.54, 1.807) is 56.5 Å². The lowest BCUT2D eigenvalue weighted by Crippen LogP contribution is -2.37. The van der Waals surface area contributed by atoms with Crippen LogP contribution in [0.1, 0.15) is 25.5 Å². The van der Waals surface area contributed by atoms with Crippen molar-refractivity contribution in [3.63, 3.8) is 0 Å². The third kappa shape index (κ3) is 4.79. The number of hydrogen-bond acceptors (Lipinski definition) is 3. The van der Waals surface area contributed by atoms with E-state index >= 15 is 0 Å². The minimum Gasteiger partial charge on any atom is -0.497 e. The molecule has 0 saturated heterocycles. The topological polar surface area (TPSA) is 47.6 Å². The summed E-state index contributed by atoms with van der Waals surface area (Å²) in [5.74, 6) is 1.09. The van der Waals surface area contributed by atoms with Crippen LogP contribution in [-0.4, -0.2) is 19.1 Å². The Morgan fingerprint density at radius 2 is 1.67 bits per heavy atom. The van der Waals surface area contributed by atoms with Gasteiger partial charge in [0.1, 0.15) is 11.5 Å². The van der Waals surface area contributed by atoms with E-state index < -0.39 is 6.10 Å². The number of amides is 1. The Morgan fingerprint density at radius 1 is 1.04 bits per heavy atom. The Morgan fingerprint density at radius 3 is 2.25 bits per heavy atom. The van der Waals surface area contributed by atoms with E-state index in [-0.39, 0.29) is 11.9 Å². The zero-order chi connectivity index (χ0) is 17.7. The van der Waals surface area contributed by atoms with Gasteiger partial charge >= 0.3 is 0 Å². The number of carbonyl (C=O) groups excluding carboxylic acids is 1. The molecule has 0 heterocycles. The van der Waals surface area contributed by atoms with E-state index in [1.807, 2.05) is 6.92 Å². The molecule has 2 aromatic carbocycles. The van der Waals surface area contributed by atoms with Gasteiger partial charge in [0.15, 0.2) is 6.10 Å². The fraction of sp³-hybridized carbons (Fsp3) is 0.278. The van der Waals surface area contributed by atoms with Gasteiger partial charge in [-0.05, 0) is 55.8 Å². The van der Waals surface area contributed by atoms with E-state index in [2.05, 4.69) is 5.32 Å². The van der Waals surface area contributed by atoms with Crippen LogP contribution in [-0.2, 0) is 4.79 Å². The Bertz CT molecular complexity index is 704. The minimum atomic E-state index is -0.646. The molecule has 1 amide bonds. The third-order valence-corrected chi connectivity index (χ3v) is 4.09. The largest absolute Gasteiger partial charge is 0.497 e. The quantitative estimate of drug-likeness (QED) is 0.808. The number of carbonyl (C=O) groups is 1. The van der Waals surface area contributed by atoms with Crippen molar-refractivity contribution in [2.45, 2.75) is 26.0 Å². The van der Waals surface area contributed by atoms with Gasteiger partial charge in [0, 0.05) is 10.0 Å². The molecule has 2 aromatic rings. The number of methoxy groups -OCH3 is 1. The summed E-state index contributed by atoms with van der Waals surface area (Å²) in [5.41, 5.74) is 0.797. The molecule has 0 spiro atoms. The number of benzene rings is 2. The van der Waals surface area contributed by atoms with Crippen molar-refractivity contribution in [1.29, 1.82) is 0 Å². The summed E-state index contributed by atoms with van der Waals surface area (Å²) in [4.78, 5) is 12.3. The van der Waals surface area contributed by atoms with Crippen molar-refractivity contribution in [3.05, 3.63) is 58.1 Å². The van der Waals surface area contributed by atoms with Crippen LogP contribution in [0.25, 0.3) is 0 Å². The molecular formula is C18H19Cl2NO3. The van der Waals surface area contributed by atoms with E-state index in [0.717, 1.165) is 11.3 Å². The van der Waals surface area contributed by atoms with Crippen LogP contribution < -0.4 is 14.8 Å². The molecule has 24 heavy (non-hydrogen) atoms. The minimum absolute atomic E-state index is 0.232. The first-order chi connectivity index (χ1) is 11.4. The highest BCUT2D eigenvalue weighted by Gasteiger charge is 2.19. The monoisotopic (exact) mass is 367 g/mol. The Hall–Kier alpha value is -1.91. The molecule has 1 N–H and O–H groups in total. The first-order valence-corrected chi connectivity index (χ1v) is 8.22. The highest BCUT2D eigenvalue weighted by Crippen LogP contribution is 2.26. The van der Waals surface area contributed by atoms with E-state index in [4.69, 9.17) is 32.7 Å². The van der Waals surface area contributed by atoms with E-state index in [1.165, 1.54) is 0 Å². The van der Waals surface area contributed by atoms with Gasteiger partial charge in [0.25, 0.3) is 5.91 Å². The van der Waals surface area contributed by atoms with Crippen LogP contribution in [0, 0.1) is 0 Å². The maximum atomic E-state index is 12.3. The average Bonchev–Trinajstić information content (AvgIpc) is 2.55. The molecule has 0 radical (unpaired) electrons. The van der Waals surface area contributed by atoms with Crippen LogP contribution in [0.3, 0.4) is 0 Å². The molecule has 2 atom stereocenters.